The van der Waals surface area contributed by atoms with Gasteiger partial charge in [-0.3, -0.25) is 0 Å². The van der Waals surface area contributed by atoms with E-state index in [9.17, 15) is 0 Å². The van der Waals surface area contributed by atoms with Crippen molar-refractivity contribution < 1.29 is 17.7 Å². The van der Waals surface area contributed by atoms with E-state index < -0.39 is 0 Å². The Morgan fingerprint density at radius 2 is 0.524 bits per heavy atom. The van der Waals surface area contributed by atoms with Gasteiger partial charge >= 0.3 is 0 Å². The zero-order valence-electron chi connectivity index (χ0n) is 45.1. The van der Waals surface area contributed by atoms with Gasteiger partial charge in [-0.05, 0) is 164 Å². The Kier molecular flexibility index (Phi) is 9.99. The minimum absolute atomic E-state index is 0.798. The Balaban J connectivity index is 0.743. The molecular formula is C78H46N2O4. The minimum Gasteiger partial charge on any atom is -0.456 e. The highest BCUT2D eigenvalue weighted by Gasteiger charge is 2.23. The standard InChI is InChI=1S/C78H46N2O4/c1-3-13-47(14-4-1)51-19-11-21-55(37-51)79(59-29-33-65-75(45-59)81-69-35-25-49-17-7-9-23-61(49)77(65)69)57-27-31-63-67-39-53-40-68-64-32-28-58(44-74(64)84-72(68)42-54(53)41-71(67)83-73(63)43-57)80(56-22-12-20-52(38-56)48-15-5-2-6-16-48)60-30-34-66-76(46-60)82-70-36-26-50-18-8-10-24-62(50)78(66)70/h1-46H. The molecule has 14 aromatic carbocycles. The summed E-state index contributed by atoms with van der Waals surface area (Å²) in [6.07, 6.45) is 0. The smallest absolute Gasteiger partial charge is 0.137 e. The van der Waals surface area contributed by atoms with Gasteiger partial charge in [0.25, 0.3) is 0 Å². The quantitative estimate of drug-likeness (QED) is 0.151. The number of hydrogen-bond acceptors (Lipinski definition) is 6. The molecule has 0 atom stereocenters. The van der Waals surface area contributed by atoms with E-state index >= 15 is 0 Å². The van der Waals surface area contributed by atoms with Crippen LogP contribution in [0.5, 0.6) is 0 Å². The van der Waals surface area contributed by atoms with E-state index in [2.05, 4.69) is 289 Å². The summed E-state index contributed by atoms with van der Waals surface area (Å²) in [6.45, 7) is 0. The van der Waals surface area contributed by atoms with E-state index in [0.717, 1.165) is 155 Å². The van der Waals surface area contributed by atoms with Crippen LogP contribution in [0.25, 0.3) is 142 Å². The first-order chi connectivity index (χ1) is 41.6. The van der Waals surface area contributed by atoms with E-state index in [0.29, 0.717) is 0 Å². The number of hydrogen-bond donors (Lipinski definition) is 0. The maximum Gasteiger partial charge on any atom is 0.137 e. The predicted molar refractivity (Wildman–Crippen MR) is 348 cm³/mol. The maximum absolute atomic E-state index is 6.88. The molecule has 18 rings (SSSR count). The summed E-state index contributed by atoms with van der Waals surface area (Å²) in [6, 6.07) is 99.1. The first-order valence-electron chi connectivity index (χ1n) is 28.4. The molecule has 84 heavy (non-hydrogen) atoms. The number of fused-ring (bicyclic) bond motifs is 17. The number of rotatable bonds is 8. The van der Waals surface area contributed by atoms with Crippen LogP contribution in [0, 0.1) is 0 Å². The van der Waals surface area contributed by atoms with Crippen LogP contribution in [0.2, 0.25) is 0 Å². The lowest BCUT2D eigenvalue weighted by Crippen LogP contribution is -2.09. The molecule has 0 N–H and O–H groups in total. The summed E-state index contributed by atoms with van der Waals surface area (Å²) in [4.78, 5) is 4.60. The van der Waals surface area contributed by atoms with Crippen molar-refractivity contribution >= 4 is 154 Å². The summed E-state index contributed by atoms with van der Waals surface area (Å²) >= 11 is 0. The molecule has 0 radical (unpaired) electrons. The highest BCUT2D eigenvalue weighted by atomic mass is 16.3. The van der Waals surface area contributed by atoms with Crippen LogP contribution in [-0.2, 0) is 0 Å². The van der Waals surface area contributed by atoms with Crippen molar-refractivity contribution in [3.05, 3.63) is 279 Å². The minimum atomic E-state index is 0.798. The molecule has 392 valence electrons. The lowest BCUT2D eigenvalue weighted by molar-refractivity contribution is 0.668. The molecule has 0 aliphatic rings. The van der Waals surface area contributed by atoms with Gasteiger partial charge in [0.1, 0.15) is 44.7 Å². The maximum atomic E-state index is 6.88. The third kappa shape index (κ3) is 7.30. The largest absolute Gasteiger partial charge is 0.456 e. The van der Waals surface area contributed by atoms with Crippen LogP contribution in [0.1, 0.15) is 0 Å². The second-order valence-corrected chi connectivity index (χ2v) is 22.0. The van der Waals surface area contributed by atoms with Gasteiger partial charge in [-0.1, -0.05) is 146 Å². The van der Waals surface area contributed by atoms with Gasteiger partial charge in [0.2, 0.25) is 0 Å². The van der Waals surface area contributed by atoms with Crippen LogP contribution < -0.4 is 9.80 Å². The number of benzene rings is 14. The summed E-state index contributed by atoms with van der Waals surface area (Å²) in [7, 11) is 0. The average Bonchev–Trinajstić information content (AvgIpc) is 4.51. The van der Waals surface area contributed by atoms with Crippen molar-refractivity contribution in [1.29, 1.82) is 0 Å². The van der Waals surface area contributed by atoms with E-state index in [-0.39, 0.29) is 0 Å². The van der Waals surface area contributed by atoms with Gasteiger partial charge in [-0.25, -0.2) is 0 Å². The number of furan rings is 4. The summed E-state index contributed by atoms with van der Waals surface area (Å²) in [5.41, 5.74) is 17.1. The van der Waals surface area contributed by atoms with E-state index in [4.69, 9.17) is 17.7 Å². The first-order valence-corrected chi connectivity index (χ1v) is 28.4. The molecule has 0 saturated carbocycles. The molecule has 0 amide bonds. The van der Waals surface area contributed by atoms with Crippen LogP contribution in [0.3, 0.4) is 0 Å². The molecule has 0 saturated heterocycles. The molecular weight excluding hydrogens is 1030 g/mol. The zero-order chi connectivity index (χ0) is 55.0. The van der Waals surface area contributed by atoms with Crippen LogP contribution in [-0.4, -0.2) is 0 Å². The topological polar surface area (TPSA) is 59.0 Å². The fourth-order valence-electron chi connectivity index (χ4n) is 13.2. The van der Waals surface area contributed by atoms with E-state index in [1.54, 1.807) is 0 Å². The Bertz CT molecular complexity index is 5360. The molecule has 6 nitrogen and oxygen atoms in total. The molecule has 18 aromatic rings. The second kappa shape index (κ2) is 18.1. The molecule has 0 fully saturated rings. The molecule has 0 bridgehead atoms. The van der Waals surface area contributed by atoms with Gasteiger partial charge in [0.15, 0.2) is 0 Å². The van der Waals surface area contributed by atoms with E-state index in [1.165, 1.54) is 21.5 Å². The highest BCUT2D eigenvalue weighted by Crippen LogP contribution is 2.46. The van der Waals surface area contributed by atoms with Crippen LogP contribution in [0.4, 0.5) is 34.1 Å². The molecule has 4 heterocycles. The second-order valence-electron chi connectivity index (χ2n) is 22.0. The zero-order valence-corrected chi connectivity index (χ0v) is 45.1. The lowest BCUT2D eigenvalue weighted by Gasteiger charge is -2.26. The number of nitrogens with zero attached hydrogens (tertiary/aromatic N) is 2. The Labute approximate surface area is 480 Å². The summed E-state index contributed by atoms with van der Waals surface area (Å²) < 4.78 is 27.0. The van der Waals surface area contributed by atoms with E-state index in [1.807, 2.05) is 0 Å². The van der Waals surface area contributed by atoms with Crippen molar-refractivity contribution in [2.45, 2.75) is 0 Å². The molecule has 0 unspecified atom stereocenters. The Morgan fingerprint density at radius 1 is 0.179 bits per heavy atom. The Morgan fingerprint density at radius 3 is 0.976 bits per heavy atom. The van der Waals surface area contributed by atoms with Gasteiger partial charge in [0, 0.05) is 101 Å². The predicted octanol–water partition coefficient (Wildman–Crippen LogP) is 23.0. The van der Waals surface area contributed by atoms with Gasteiger partial charge < -0.3 is 27.5 Å². The third-order valence-electron chi connectivity index (χ3n) is 17.1. The fourth-order valence-corrected chi connectivity index (χ4v) is 13.2. The average molecular weight is 1080 g/mol. The summed E-state index contributed by atoms with van der Waals surface area (Å²) in [5, 5.41) is 15.5. The molecule has 0 spiro atoms. The van der Waals surface area contributed by atoms with Gasteiger partial charge in [-0.2, -0.15) is 0 Å². The van der Waals surface area contributed by atoms with Crippen molar-refractivity contribution in [3.8, 4) is 22.3 Å². The SMILES string of the molecule is c1ccc(-c2cccc(N(c3ccc4c(c3)oc3cc5cc6oc7cc(N(c8cccc(-c9ccccc9)c8)c8ccc9c(c8)oc8ccc%10ccccc%10c89)ccc7c6cc5cc34)c3ccc4c(c3)oc3ccc5ccccc5c34)c2)cc1. The molecule has 0 aliphatic carbocycles. The molecule has 4 aromatic heterocycles. The number of anilines is 6. The summed E-state index contributed by atoms with van der Waals surface area (Å²) in [5.74, 6) is 0. The monoisotopic (exact) mass is 1070 g/mol. The Hall–Kier alpha value is -11.3. The van der Waals surface area contributed by atoms with Crippen molar-refractivity contribution in [2.75, 3.05) is 9.80 Å². The fraction of sp³-hybridized carbons (Fsp3) is 0. The van der Waals surface area contributed by atoms with Crippen molar-refractivity contribution in [2.24, 2.45) is 0 Å². The highest BCUT2D eigenvalue weighted by molar-refractivity contribution is 6.21. The lowest BCUT2D eigenvalue weighted by atomic mass is 10.0. The van der Waals surface area contributed by atoms with Crippen molar-refractivity contribution in [3.63, 3.8) is 0 Å². The van der Waals surface area contributed by atoms with Gasteiger partial charge in [-0.15, -0.1) is 0 Å². The van der Waals surface area contributed by atoms with Gasteiger partial charge in [0.05, 0.1) is 0 Å². The third-order valence-corrected chi connectivity index (χ3v) is 17.1. The molecule has 0 aliphatic heterocycles. The van der Waals surface area contributed by atoms with Crippen LogP contribution >= 0.6 is 0 Å². The first kappa shape index (κ1) is 46.4. The normalized spacial score (nSPS) is 12.0. The van der Waals surface area contributed by atoms with Crippen LogP contribution in [0.15, 0.2) is 297 Å². The van der Waals surface area contributed by atoms with Crippen molar-refractivity contribution in [1.82, 2.24) is 0 Å². The molecule has 6 heteroatoms.